The highest BCUT2D eigenvalue weighted by molar-refractivity contribution is 5.98. The third-order valence-corrected chi connectivity index (χ3v) is 4.69. The molecule has 1 aliphatic heterocycles. The molecule has 1 heterocycles. The summed E-state index contributed by atoms with van der Waals surface area (Å²) in [4.78, 5) is 17.5. The molecule has 1 atom stereocenters. The SMILES string of the molecule is CON(c1ccccc1C(N)=O)N1CCCCC1Cc1ccccc1. The molecule has 25 heavy (non-hydrogen) atoms. The van der Waals surface area contributed by atoms with Crippen LogP contribution in [0, 0.1) is 0 Å². The summed E-state index contributed by atoms with van der Waals surface area (Å²) in [6.07, 6.45) is 4.33. The predicted molar refractivity (Wildman–Crippen MR) is 98.9 cm³/mol. The van der Waals surface area contributed by atoms with Crippen molar-refractivity contribution in [1.82, 2.24) is 5.01 Å². The lowest BCUT2D eigenvalue weighted by Crippen LogP contribution is -2.52. The Kier molecular flexibility index (Phi) is 5.68. The first-order chi connectivity index (χ1) is 12.2. The summed E-state index contributed by atoms with van der Waals surface area (Å²) < 4.78 is 0. The summed E-state index contributed by atoms with van der Waals surface area (Å²) in [5.74, 6) is -0.450. The molecule has 0 aromatic heterocycles. The minimum atomic E-state index is -0.450. The fourth-order valence-electron chi connectivity index (χ4n) is 3.51. The number of hydrazine groups is 1. The second kappa shape index (κ2) is 8.14. The van der Waals surface area contributed by atoms with Gasteiger partial charge in [-0.05, 0) is 37.0 Å². The molecule has 0 bridgehead atoms. The van der Waals surface area contributed by atoms with Crippen molar-refractivity contribution in [2.75, 3.05) is 18.8 Å². The molecule has 1 saturated heterocycles. The van der Waals surface area contributed by atoms with E-state index in [0.717, 1.165) is 25.8 Å². The zero-order chi connectivity index (χ0) is 17.6. The van der Waals surface area contributed by atoms with Gasteiger partial charge in [-0.15, -0.1) is 0 Å². The highest BCUT2D eigenvalue weighted by Crippen LogP contribution is 2.28. The Bertz CT molecular complexity index is 705. The second-order valence-corrected chi connectivity index (χ2v) is 6.34. The summed E-state index contributed by atoms with van der Waals surface area (Å²) in [6, 6.07) is 18.1. The van der Waals surface area contributed by atoms with Crippen LogP contribution in [-0.4, -0.2) is 30.6 Å². The van der Waals surface area contributed by atoms with Crippen molar-refractivity contribution in [3.8, 4) is 0 Å². The number of amides is 1. The quantitative estimate of drug-likeness (QED) is 0.821. The lowest BCUT2D eigenvalue weighted by atomic mass is 9.97. The van der Waals surface area contributed by atoms with Crippen LogP contribution < -0.4 is 10.9 Å². The average molecular weight is 339 g/mol. The minimum absolute atomic E-state index is 0.317. The van der Waals surface area contributed by atoms with E-state index in [0.29, 0.717) is 17.3 Å². The van der Waals surface area contributed by atoms with Gasteiger partial charge in [0, 0.05) is 12.6 Å². The molecule has 132 valence electrons. The van der Waals surface area contributed by atoms with Crippen molar-refractivity contribution in [2.45, 2.75) is 31.7 Å². The number of primary amides is 1. The van der Waals surface area contributed by atoms with Gasteiger partial charge < -0.3 is 5.73 Å². The van der Waals surface area contributed by atoms with E-state index < -0.39 is 5.91 Å². The first-order valence-corrected chi connectivity index (χ1v) is 8.74. The molecule has 1 amide bonds. The maximum absolute atomic E-state index is 11.8. The monoisotopic (exact) mass is 339 g/mol. The van der Waals surface area contributed by atoms with Gasteiger partial charge in [-0.2, -0.15) is 10.2 Å². The molecule has 1 unspecified atom stereocenters. The van der Waals surface area contributed by atoms with E-state index in [1.807, 2.05) is 24.3 Å². The van der Waals surface area contributed by atoms with Crippen molar-refractivity contribution >= 4 is 11.6 Å². The van der Waals surface area contributed by atoms with E-state index in [4.69, 9.17) is 10.6 Å². The van der Waals surface area contributed by atoms with Crippen molar-refractivity contribution in [1.29, 1.82) is 0 Å². The fraction of sp³-hybridized carbons (Fsp3) is 0.350. The van der Waals surface area contributed by atoms with Gasteiger partial charge in [0.25, 0.3) is 5.91 Å². The Labute approximate surface area is 148 Å². The van der Waals surface area contributed by atoms with E-state index >= 15 is 0 Å². The Morgan fingerprint density at radius 2 is 1.88 bits per heavy atom. The molecule has 0 radical (unpaired) electrons. The van der Waals surface area contributed by atoms with Crippen LogP contribution in [-0.2, 0) is 11.3 Å². The molecule has 5 nitrogen and oxygen atoms in total. The zero-order valence-corrected chi connectivity index (χ0v) is 14.6. The van der Waals surface area contributed by atoms with E-state index in [9.17, 15) is 4.79 Å². The fourth-order valence-corrected chi connectivity index (χ4v) is 3.51. The number of para-hydroxylation sites is 1. The van der Waals surface area contributed by atoms with Crippen molar-refractivity contribution in [3.63, 3.8) is 0 Å². The summed E-state index contributed by atoms with van der Waals surface area (Å²) in [7, 11) is 1.63. The van der Waals surface area contributed by atoms with Crippen LogP contribution in [0.3, 0.4) is 0 Å². The summed E-state index contributed by atoms with van der Waals surface area (Å²) in [5, 5.41) is 3.96. The molecule has 2 aromatic carbocycles. The van der Waals surface area contributed by atoms with Crippen LogP contribution in [0.25, 0.3) is 0 Å². The molecule has 5 heteroatoms. The Balaban J connectivity index is 1.88. The van der Waals surface area contributed by atoms with E-state index in [2.05, 4.69) is 29.3 Å². The number of nitrogens with zero attached hydrogens (tertiary/aromatic N) is 2. The number of carbonyl (C=O) groups is 1. The molecular weight excluding hydrogens is 314 g/mol. The van der Waals surface area contributed by atoms with Crippen molar-refractivity contribution < 1.29 is 9.63 Å². The van der Waals surface area contributed by atoms with Gasteiger partial charge in [0.05, 0.1) is 18.4 Å². The number of anilines is 1. The Morgan fingerprint density at radius 1 is 1.16 bits per heavy atom. The largest absolute Gasteiger partial charge is 0.366 e. The minimum Gasteiger partial charge on any atom is -0.366 e. The molecule has 0 aliphatic carbocycles. The number of hydrogen-bond donors (Lipinski definition) is 1. The maximum Gasteiger partial charge on any atom is 0.250 e. The van der Waals surface area contributed by atoms with Gasteiger partial charge in [-0.1, -0.05) is 48.9 Å². The maximum atomic E-state index is 11.8. The van der Waals surface area contributed by atoms with Gasteiger partial charge in [-0.3, -0.25) is 9.63 Å². The lowest BCUT2D eigenvalue weighted by molar-refractivity contribution is -0.0181. The Hall–Kier alpha value is -2.37. The summed E-state index contributed by atoms with van der Waals surface area (Å²) in [5.41, 5.74) is 8.02. The van der Waals surface area contributed by atoms with Gasteiger partial charge in [0.1, 0.15) is 0 Å². The standard InChI is InChI=1S/C20H25N3O2/c1-25-23(19-13-6-5-12-18(19)20(21)24)22-14-8-7-11-17(22)15-16-9-3-2-4-10-16/h2-6,9-10,12-13,17H,7-8,11,14-15H2,1H3,(H2,21,24). The number of benzene rings is 2. The number of hydrogen-bond acceptors (Lipinski definition) is 4. The number of carbonyl (C=O) groups excluding carboxylic acids is 1. The van der Waals surface area contributed by atoms with Crippen LogP contribution in [0.1, 0.15) is 35.2 Å². The predicted octanol–water partition coefficient (Wildman–Crippen LogP) is 3.17. The summed E-state index contributed by atoms with van der Waals surface area (Å²) in [6.45, 7) is 0.887. The highest BCUT2D eigenvalue weighted by atomic mass is 16.7. The van der Waals surface area contributed by atoms with Crippen LogP contribution in [0.4, 0.5) is 5.69 Å². The lowest BCUT2D eigenvalue weighted by Gasteiger charge is -2.42. The van der Waals surface area contributed by atoms with Gasteiger partial charge in [0.2, 0.25) is 0 Å². The molecule has 1 aliphatic rings. The molecule has 0 saturated carbocycles. The van der Waals surface area contributed by atoms with Crippen LogP contribution >= 0.6 is 0 Å². The molecular formula is C20H25N3O2. The number of rotatable bonds is 6. The zero-order valence-electron chi connectivity index (χ0n) is 14.6. The highest BCUT2D eigenvalue weighted by Gasteiger charge is 2.30. The first kappa shape index (κ1) is 17.5. The van der Waals surface area contributed by atoms with Crippen LogP contribution in [0.5, 0.6) is 0 Å². The topological polar surface area (TPSA) is 58.8 Å². The van der Waals surface area contributed by atoms with Crippen molar-refractivity contribution in [2.24, 2.45) is 5.73 Å². The van der Waals surface area contributed by atoms with Gasteiger partial charge in [-0.25, -0.2) is 0 Å². The molecule has 0 spiro atoms. The van der Waals surface area contributed by atoms with Crippen LogP contribution in [0.2, 0.25) is 0 Å². The second-order valence-electron chi connectivity index (χ2n) is 6.34. The average Bonchev–Trinajstić information content (AvgIpc) is 2.65. The van der Waals surface area contributed by atoms with Gasteiger partial charge in [0.15, 0.2) is 0 Å². The summed E-state index contributed by atoms with van der Waals surface area (Å²) >= 11 is 0. The van der Waals surface area contributed by atoms with Gasteiger partial charge >= 0.3 is 0 Å². The third-order valence-electron chi connectivity index (χ3n) is 4.69. The molecule has 1 fully saturated rings. The molecule has 2 N–H and O–H groups in total. The number of piperidine rings is 1. The van der Waals surface area contributed by atoms with E-state index in [1.165, 1.54) is 12.0 Å². The number of nitrogens with two attached hydrogens (primary N) is 1. The smallest absolute Gasteiger partial charge is 0.250 e. The van der Waals surface area contributed by atoms with E-state index in [1.54, 1.807) is 18.3 Å². The van der Waals surface area contributed by atoms with Crippen LogP contribution in [0.15, 0.2) is 54.6 Å². The molecule has 2 aromatic rings. The normalized spacial score (nSPS) is 18.0. The molecule has 3 rings (SSSR count). The van der Waals surface area contributed by atoms with E-state index in [-0.39, 0.29) is 0 Å². The first-order valence-electron chi connectivity index (χ1n) is 8.74. The third kappa shape index (κ3) is 4.00. The Morgan fingerprint density at radius 3 is 2.60 bits per heavy atom. The van der Waals surface area contributed by atoms with Crippen molar-refractivity contribution in [3.05, 3.63) is 65.7 Å².